The first-order chi connectivity index (χ1) is 8.77. The van der Waals surface area contributed by atoms with Gasteiger partial charge in [-0.3, -0.25) is 9.48 Å². The number of nitrogens with zero attached hydrogens (tertiary/aromatic N) is 2. The molecule has 0 unspecified atom stereocenters. The Balaban J connectivity index is 1.86. The van der Waals surface area contributed by atoms with Gasteiger partial charge in [0.15, 0.2) is 0 Å². The van der Waals surface area contributed by atoms with E-state index in [0.717, 1.165) is 0 Å². The molecule has 2 N–H and O–H groups in total. The van der Waals surface area contributed by atoms with E-state index in [2.05, 4.69) is 5.10 Å². The van der Waals surface area contributed by atoms with Crippen LogP contribution >= 0.6 is 0 Å². The highest BCUT2D eigenvalue weighted by atomic mass is 19.4. The molecule has 1 aromatic rings. The molecule has 0 aromatic carbocycles. The zero-order chi connectivity index (χ0) is 14.2. The molecule has 104 valence electrons. The molecule has 1 aliphatic carbocycles. The highest BCUT2D eigenvalue weighted by Gasteiger charge is 2.42. The fraction of sp³-hybridized carbons (Fsp3) is 0.500. The third-order valence-corrected chi connectivity index (χ3v) is 2.93. The molecule has 1 fully saturated rings. The van der Waals surface area contributed by atoms with Gasteiger partial charge in [-0.2, -0.15) is 18.3 Å². The van der Waals surface area contributed by atoms with Gasteiger partial charge >= 0.3 is 18.1 Å². The second kappa shape index (κ2) is 4.56. The number of carboxylic acids is 1. The Labute approximate surface area is 105 Å². The van der Waals surface area contributed by atoms with Gasteiger partial charge in [0, 0.05) is 12.2 Å². The van der Waals surface area contributed by atoms with Crippen LogP contribution in [-0.4, -0.2) is 39.0 Å². The van der Waals surface area contributed by atoms with E-state index in [0.29, 0.717) is 12.8 Å². The summed E-state index contributed by atoms with van der Waals surface area (Å²) in [5.74, 6) is -3.07. The SMILES string of the molecule is O=C(O)c1cnn(C2CC(NC(=O)C(F)(F)F)C2)c1. The largest absolute Gasteiger partial charge is 0.478 e. The van der Waals surface area contributed by atoms with Crippen molar-refractivity contribution in [3.63, 3.8) is 0 Å². The molecule has 1 aromatic heterocycles. The van der Waals surface area contributed by atoms with E-state index in [1.165, 1.54) is 17.1 Å². The second-order valence-electron chi connectivity index (χ2n) is 4.31. The highest BCUT2D eigenvalue weighted by molar-refractivity contribution is 5.86. The third kappa shape index (κ3) is 2.85. The highest BCUT2D eigenvalue weighted by Crippen LogP contribution is 2.32. The smallest absolute Gasteiger partial charge is 0.471 e. The minimum absolute atomic E-state index is 0.0165. The first kappa shape index (κ1) is 13.4. The minimum atomic E-state index is -4.88. The van der Waals surface area contributed by atoms with E-state index in [1.54, 1.807) is 0 Å². The van der Waals surface area contributed by atoms with Crippen LogP contribution < -0.4 is 5.32 Å². The average Bonchev–Trinajstić information content (AvgIpc) is 2.69. The van der Waals surface area contributed by atoms with Crippen molar-refractivity contribution in [3.05, 3.63) is 18.0 Å². The quantitative estimate of drug-likeness (QED) is 0.862. The standard InChI is InChI=1S/C10H10F3N3O3/c11-10(12,13)9(19)15-6-1-7(2-6)16-4-5(3-14-16)8(17)18/h3-4,6-7H,1-2H2,(H,15,19)(H,17,18). The number of amides is 1. The van der Waals surface area contributed by atoms with Crippen LogP contribution in [0.3, 0.4) is 0 Å². The molecule has 2 rings (SSSR count). The summed E-state index contributed by atoms with van der Waals surface area (Å²) in [6.45, 7) is 0. The fourth-order valence-electron chi connectivity index (χ4n) is 1.84. The van der Waals surface area contributed by atoms with Crippen molar-refractivity contribution in [2.75, 3.05) is 0 Å². The van der Waals surface area contributed by atoms with Gasteiger partial charge < -0.3 is 10.4 Å². The van der Waals surface area contributed by atoms with E-state index in [-0.39, 0.29) is 11.6 Å². The second-order valence-corrected chi connectivity index (χ2v) is 4.31. The summed E-state index contributed by atoms with van der Waals surface area (Å²) < 4.78 is 37.4. The summed E-state index contributed by atoms with van der Waals surface area (Å²) in [6.07, 6.45) is -1.81. The Bertz CT molecular complexity index is 506. The third-order valence-electron chi connectivity index (χ3n) is 2.93. The summed E-state index contributed by atoms with van der Waals surface area (Å²) in [5, 5.41) is 14.4. The zero-order valence-corrected chi connectivity index (χ0v) is 9.52. The lowest BCUT2D eigenvalue weighted by Gasteiger charge is -2.35. The summed E-state index contributed by atoms with van der Waals surface area (Å²) in [7, 11) is 0. The summed E-state index contributed by atoms with van der Waals surface area (Å²) >= 11 is 0. The molecule has 0 aliphatic heterocycles. The van der Waals surface area contributed by atoms with Gasteiger partial charge in [0.25, 0.3) is 0 Å². The first-order valence-electron chi connectivity index (χ1n) is 5.42. The van der Waals surface area contributed by atoms with Crippen LogP contribution in [0.1, 0.15) is 29.2 Å². The van der Waals surface area contributed by atoms with E-state index < -0.39 is 24.1 Å². The van der Waals surface area contributed by atoms with Gasteiger partial charge in [-0.1, -0.05) is 0 Å². The van der Waals surface area contributed by atoms with Crippen LogP contribution in [0, 0.1) is 0 Å². The van der Waals surface area contributed by atoms with E-state index in [1.807, 2.05) is 5.32 Å². The van der Waals surface area contributed by atoms with Crippen LogP contribution in [-0.2, 0) is 4.79 Å². The molecule has 1 amide bonds. The maximum atomic E-state index is 12.0. The number of aromatic nitrogens is 2. The zero-order valence-electron chi connectivity index (χ0n) is 9.52. The normalized spacial score (nSPS) is 22.7. The van der Waals surface area contributed by atoms with Gasteiger partial charge in [-0.15, -0.1) is 0 Å². The van der Waals surface area contributed by atoms with Crippen molar-refractivity contribution in [1.82, 2.24) is 15.1 Å². The molecule has 0 radical (unpaired) electrons. The number of carbonyl (C=O) groups excluding carboxylic acids is 1. The number of rotatable bonds is 3. The van der Waals surface area contributed by atoms with Gasteiger partial charge in [-0.05, 0) is 12.8 Å². The fourth-order valence-corrected chi connectivity index (χ4v) is 1.84. The molecule has 1 aliphatic rings. The minimum Gasteiger partial charge on any atom is -0.478 e. The van der Waals surface area contributed by atoms with E-state index >= 15 is 0 Å². The van der Waals surface area contributed by atoms with E-state index in [9.17, 15) is 22.8 Å². The van der Waals surface area contributed by atoms with Crippen LogP contribution in [0.4, 0.5) is 13.2 Å². The van der Waals surface area contributed by atoms with Crippen molar-refractivity contribution < 1.29 is 27.9 Å². The summed E-state index contributed by atoms with van der Waals surface area (Å²) in [5.41, 5.74) is 0.0165. The lowest BCUT2D eigenvalue weighted by atomic mass is 9.87. The Hall–Kier alpha value is -2.06. The number of hydrogen-bond donors (Lipinski definition) is 2. The molecule has 6 nitrogen and oxygen atoms in total. The van der Waals surface area contributed by atoms with Crippen molar-refractivity contribution >= 4 is 11.9 Å². The molecular weight excluding hydrogens is 267 g/mol. The van der Waals surface area contributed by atoms with Crippen LogP contribution in [0.25, 0.3) is 0 Å². The predicted molar refractivity (Wildman–Crippen MR) is 55.4 cm³/mol. The van der Waals surface area contributed by atoms with Crippen molar-refractivity contribution in [2.45, 2.75) is 31.1 Å². The number of nitrogens with one attached hydrogen (secondary N) is 1. The number of halogens is 3. The van der Waals surface area contributed by atoms with Crippen molar-refractivity contribution in [1.29, 1.82) is 0 Å². The van der Waals surface area contributed by atoms with Crippen molar-refractivity contribution in [3.8, 4) is 0 Å². The molecule has 0 atom stereocenters. The Morgan fingerprint density at radius 1 is 1.42 bits per heavy atom. The van der Waals surface area contributed by atoms with Crippen LogP contribution in [0.2, 0.25) is 0 Å². The number of aromatic carboxylic acids is 1. The van der Waals surface area contributed by atoms with Gasteiger partial charge in [0.05, 0.1) is 17.8 Å². The monoisotopic (exact) mass is 277 g/mol. The first-order valence-corrected chi connectivity index (χ1v) is 5.42. The number of carbonyl (C=O) groups is 2. The Morgan fingerprint density at radius 3 is 2.53 bits per heavy atom. The number of alkyl halides is 3. The molecule has 1 heterocycles. The molecule has 0 saturated heterocycles. The molecule has 0 bridgehead atoms. The van der Waals surface area contributed by atoms with Gasteiger partial charge in [-0.25, -0.2) is 4.79 Å². The topological polar surface area (TPSA) is 84.2 Å². The van der Waals surface area contributed by atoms with Crippen molar-refractivity contribution in [2.24, 2.45) is 0 Å². The van der Waals surface area contributed by atoms with Crippen LogP contribution in [0.5, 0.6) is 0 Å². The number of hydrogen-bond acceptors (Lipinski definition) is 3. The molecular formula is C10H10F3N3O3. The Kier molecular flexibility index (Phi) is 3.21. The van der Waals surface area contributed by atoms with Gasteiger partial charge in [0.2, 0.25) is 0 Å². The molecule has 9 heteroatoms. The number of carboxylic acid groups (broad SMARTS) is 1. The van der Waals surface area contributed by atoms with Crippen LogP contribution in [0.15, 0.2) is 12.4 Å². The maximum Gasteiger partial charge on any atom is 0.471 e. The molecule has 0 spiro atoms. The molecule has 19 heavy (non-hydrogen) atoms. The molecule has 1 saturated carbocycles. The van der Waals surface area contributed by atoms with Gasteiger partial charge in [0.1, 0.15) is 0 Å². The lowest BCUT2D eigenvalue weighted by molar-refractivity contribution is -0.175. The lowest BCUT2D eigenvalue weighted by Crippen LogP contribution is -2.49. The maximum absolute atomic E-state index is 12.0. The average molecular weight is 277 g/mol. The van der Waals surface area contributed by atoms with E-state index in [4.69, 9.17) is 5.11 Å². The summed E-state index contributed by atoms with van der Waals surface area (Å²) in [4.78, 5) is 21.3. The Morgan fingerprint density at radius 2 is 2.05 bits per heavy atom. The predicted octanol–water partition coefficient (Wildman–Crippen LogP) is 0.963. The summed E-state index contributed by atoms with van der Waals surface area (Å²) in [6, 6.07) is -0.747.